The van der Waals surface area contributed by atoms with Crippen LogP contribution in [0.4, 0.5) is 5.13 Å². The lowest BCUT2D eigenvalue weighted by atomic mass is 10.4. The molecule has 0 aliphatic rings. The molecule has 18 heavy (non-hydrogen) atoms. The third-order valence-corrected chi connectivity index (χ3v) is 3.00. The summed E-state index contributed by atoms with van der Waals surface area (Å²) in [6, 6.07) is 0. The molecule has 0 amide bonds. The van der Waals surface area contributed by atoms with E-state index in [0.29, 0.717) is 29.8 Å². The Hall–Kier alpha value is -1.18. The largest absolute Gasteiger partial charge is 0.465 e. The number of esters is 1. The molecule has 0 aliphatic heterocycles. The molecule has 0 spiro atoms. The van der Waals surface area contributed by atoms with Crippen LogP contribution in [0.1, 0.15) is 16.1 Å². The smallest absolute Gasteiger partial charge is 0.349 e. The minimum atomic E-state index is -0.358. The summed E-state index contributed by atoms with van der Waals surface area (Å²) in [6.45, 7) is 2.65. The number of rotatable bonds is 9. The first kappa shape index (κ1) is 14.9. The fourth-order valence-electron chi connectivity index (χ4n) is 1.16. The summed E-state index contributed by atoms with van der Waals surface area (Å²) in [7, 11) is 3.00. The van der Waals surface area contributed by atoms with Crippen molar-refractivity contribution < 1.29 is 19.0 Å². The number of carbonyl (C=O) groups excluding carboxylic acids is 1. The topological polar surface area (TPSA) is 69.7 Å². The van der Waals surface area contributed by atoms with E-state index in [-0.39, 0.29) is 5.97 Å². The van der Waals surface area contributed by atoms with Gasteiger partial charge in [0.25, 0.3) is 0 Å². The second kappa shape index (κ2) is 8.84. The van der Waals surface area contributed by atoms with Gasteiger partial charge in [-0.25, -0.2) is 9.78 Å². The Morgan fingerprint density at radius 3 is 2.94 bits per heavy atom. The van der Waals surface area contributed by atoms with Gasteiger partial charge in [-0.1, -0.05) is 11.3 Å². The molecule has 1 aromatic rings. The average molecular weight is 274 g/mol. The zero-order valence-electron chi connectivity index (χ0n) is 10.6. The first-order valence-electron chi connectivity index (χ1n) is 5.62. The molecule has 0 fully saturated rings. The van der Waals surface area contributed by atoms with Gasteiger partial charge in [0.2, 0.25) is 0 Å². The Morgan fingerprint density at radius 1 is 1.39 bits per heavy atom. The molecule has 6 nitrogen and oxygen atoms in total. The second-order valence-electron chi connectivity index (χ2n) is 3.41. The average Bonchev–Trinajstić information content (AvgIpc) is 2.85. The van der Waals surface area contributed by atoms with E-state index >= 15 is 0 Å². The Morgan fingerprint density at radius 2 is 2.22 bits per heavy atom. The minimum absolute atomic E-state index is 0.358. The number of thiazole rings is 1. The maximum absolute atomic E-state index is 11.2. The molecule has 7 heteroatoms. The first-order chi connectivity index (χ1) is 8.77. The van der Waals surface area contributed by atoms with Crippen molar-refractivity contribution >= 4 is 22.4 Å². The number of nitrogens with zero attached hydrogens (tertiary/aromatic N) is 1. The third-order valence-electron chi connectivity index (χ3n) is 2.07. The lowest BCUT2D eigenvalue weighted by Crippen LogP contribution is -2.08. The molecule has 1 aromatic heterocycles. The molecule has 1 N–H and O–H groups in total. The summed E-state index contributed by atoms with van der Waals surface area (Å²) < 4.78 is 14.8. The van der Waals surface area contributed by atoms with Crippen molar-refractivity contribution in [1.29, 1.82) is 0 Å². The van der Waals surface area contributed by atoms with Crippen LogP contribution in [0.15, 0.2) is 6.20 Å². The summed E-state index contributed by atoms with van der Waals surface area (Å²) in [6.07, 6.45) is 2.38. The monoisotopic (exact) mass is 274 g/mol. The predicted molar refractivity (Wildman–Crippen MR) is 69.3 cm³/mol. The number of methoxy groups -OCH3 is 2. The van der Waals surface area contributed by atoms with Gasteiger partial charge < -0.3 is 19.5 Å². The van der Waals surface area contributed by atoms with Gasteiger partial charge in [-0.05, 0) is 6.42 Å². The molecular weight excluding hydrogens is 256 g/mol. The van der Waals surface area contributed by atoms with Crippen LogP contribution in [0.3, 0.4) is 0 Å². The van der Waals surface area contributed by atoms with E-state index in [1.54, 1.807) is 7.11 Å². The van der Waals surface area contributed by atoms with E-state index < -0.39 is 0 Å². The van der Waals surface area contributed by atoms with E-state index in [1.807, 2.05) is 0 Å². The van der Waals surface area contributed by atoms with Gasteiger partial charge in [0.1, 0.15) is 4.88 Å². The number of anilines is 1. The van der Waals surface area contributed by atoms with Crippen LogP contribution in [-0.2, 0) is 14.2 Å². The fourth-order valence-corrected chi connectivity index (χ4v) is 1.92. The molecule has 0 aromatic carbocycles. The number of aromatic nitrogens is 1. The van der Waals surface area contributed by atoms with Crippen LogP contribution in [0, 0.1) is 0 Å². The third kappa shape index (κ3) is 5.44. The summed E-state index contributed by atoms with van der Waals surface area (Å²) in [5.41, 5.74) is 0. The van der Waals surface area contributed by atoms with Crippen molar-refractivity contribution in [2.24, 2.45) is 0 Å². The van der Waals surface area contributed by atoms with Crippen LogP contribution in [0.25, 0.3) is 0 Å². The lowest BCUT2D eigenvalue weighted by Gasteiger charge is -2.04. The molecule has 0 radical (unpaired) electrons. The summed E-state index contributed by atoms with van der Waals surface area (Å²) >= 11 is 1.28. The number of nitrogens with one attached hydrogen (secondary N) is 1. The van der Waals surface area contributed by atoms with Crippen molar-refractivity contribution in [2.75, 3.05) is 45.9 Å². The van der Waals surface area contributed by atoms with Crippen molar-refractivity contribution in [3.63, 3.8) is 0 Å². The highest BCUT2D eigenvalue weighted by Gasteiger charge is 2.09. The van der Waals surface area contributed by atoms with Crippen molar-refractivity contribution in [3.05, 3.63) is 11.1 Å². The Labute approximate surface area is 110 Å². The summed E-state index contributed by atoms with van der Waals surface area (Å²) in [5.74, 6) is -0.358. The van der Waals surface area contributed by atoms with E-state index in [1.165, 1.54) is 24.6 Å². The summed E-state index contributed by atoms with van der Waals surface area (Å²) in [4.78, 5) is 15.8. The molecule has 0 atom stereocenters. The molecule has 0 aliphatic carbocycles. The normalized spacial score (nSPS) is 10.3. The molecule has 1 heterocycles. The number of hydrogen-bond donors (Lipinski definition) is 1. The van der Waals surface area contributed by atoms with E-state index in [0.717, 1.165) is 13.0 Å². The summed E-state index contributed by atoms with van der Waals surface area (Å²) in [5, 5.41) is 3.84. The Balaban J connectivity index is 2.12. The van der Waals surface area contributed by atoms with Crippen LogP contribution >= 0.6 is 11.3 Å². The molecule has 0 unspecified atom stereocenters. The molecule has 102 valence electrons. The Kier molecular flexibility index (Phi) is 7.31. The number of carbonyl (C=O) groups is 1. The number of ether oxygens (including phenoxy) is 3. The van der Waals surface area contributed by atoms with Gasteiger partial charge in [-0.3, -0.25) is 0 Å². The Bertz CT molecular complexity index is 357. The molecule has 0 saturated heterocycles. The predicted octanol–water partition coefficient (Wildman–Crippen LogP) is 1.39. The number of hydrogen-bond acceptors (Lipinski definition) is 7. The fraction of sp³-hybridized carbons (Fsp3) is 0.636. The highest BCUT2D eigenvalue weighted by Crippen LogP contribution is 2.18. The van der Waals surface area contributed by atoms with Gasteiger partial charge in [-0.15, -0.1) is 0 Å². The SMILES string of the molecule is COCCOCCCNc1ncc(C(=O)OC)s1. The van der Waals surface area contributed by atoms with E-state index in [9.17, 15) is 4.79 Å². The van der Waals surface area contributed by atoms with Crippen LogP contribution in [-0.4, -0.2) is 51.5 Å². The van der Waals surface area contributed by atoms with E-state index in [4.69, 9.17) is 9.47 Å². The van der Waals surface area contributed by atoms with Crippen LogP contribution < -0.4 is 5.32 Å². The molecular formula is C11H18N2O4S. The first-order valence-corrected chi connectivity index (χ1v) is 6.44. The van der Waals surface area contributed by atoms with Crippen molar-refractivity contribution in [1.82, 2.24) is 4.98 Å². The minimum Gasteiger partial charge on any atom is -0.465 e. The second-order valence-corrected chi connectivity index (χ2v) is 4.44. The maximum Gasteiger partial charge on any atom is 0.349 e. The van der Waals surface area contributed by atoms with Crippen molar-refractivity contribution in [2.45, 2.75) is 6.42 Å². The van der Waals surface area contributed by atoms with Crippen LogP contribution in [0.5, 0.6) is 0 Å². The maximum atomic E-state index is 11.2. The lowest BCUT2D eigenvalue weighted by molar-refractivity contribution is 0.0606. The van der Waals surface area contributed by atoms with Crippen molar-refractivity contribution in [3.8, 4) is 0 Å². The van der Waals surface area contributed by atoms with Crippen LogP contribution in [0.2, 0.25) is 0 Å². The van der Waals surface area contributed by atoms with Gasteiger partial charge in [-0.2, -0.15) is 0 Å². The molecule has 1 rings (SSSR count). The molecule has 0 saturated carbocycles. The van der Waals surface area contributed by atoms with E-state index in [2.05, 4.69) is 15.0 Å². The highest BCUT2D eigenvalue weighted by molar-refractivity contribution is 7.17. The zero-order valence-corrected chi connectivity index (χ0v) is 11.4. The zero-order chi connectivity index (χ0) is 13.2. The van der Waals surface area contributed by atoms with Gasteiger partial charge >= 0.3 is 5.97 Å². The quantitative estimate of drug-likeness (QED) is 0.542. The van der Waals surface area contributed by atoms with Gasteiger partial charge in [0.05, 0.1) is 26.5 Å². The van der Waals surface area contributed by atoms with Gasteiger partial charge in [0, 0.05) is 20.3 Å². The van der Waals surface area contributed by atoms with Gasteiger partial charge in [0.15, 0.2) is 5.13 Å². The highest BCUT2D eigenvalue weighted by atomic mass is 32.1. The standard InChI is InChI=1S/C11H18N2O4S/c1-15-6-7-17-5-3-4-12-11-13-8-9(18-11)10(14)16-2/h8H,3-7H2,1-2H3,(H,12,13). The molecule has 0 bridgehead atoms.